The molecule has 0 aliphatic carbocycles. The molecule has 0 spiro atoms. The van der Waals surface area contributed by atoms with Gasteiger partial charge in [0.15, 0.2) is 5.43 Å². The third kappa shape index (κ3) is 2.44. The van der Waals surface area contributed by atoms with Crippen molar-refractivity contribution in [1.82, 2.24) is 4.98 Å². The van der Waals surface area contributed by atoms with Gasteiger partial charge in [0.2, 0.25) is 0 Å². The van der Waals surface area contributed by atoms with Crippen LogP contribution in [0.4, 0.5) is 11.5 Å². The lowest BCUT2D eigenvalue weighted by Crippen LogP contribution is -1.98. The molecule has 0 amide bonds. The molecule has 0 saturated carbocycles. The molecule has 24 heavy (non-hydrogen) atoms. The minimum atomic E-state index is -0.0438. The number of nitrogens with zero attached hydrogens (tertiary/aromatic N) is 1. The number of phenolic OH excluding ortho intramolecular Hbond substituents is 1. The molecule has 0 atom stereocenters. The first-order valence-corrected chi connectivity index (χ1v) is 7.60. The lowest BCUT2D eigenvalue weighted by atomic mass is 10.1. The second-order valence-electron chi connectivity index (χ2n) is 5.53. The number of phenols is 1. The first-order chi connectivity index (χ1) is 11.7. The number of hydrogen-bond donors (Lipinski definition) is 2. The van der Waals surface area contributed by atoms with E-state index in [9.17, 15) is 9.90 Å². The van der Waals surface area contributed by atoms with E-state index in [1.165, 1.54) is 0 Å². The maximum atomic E-state index is 12.8. The molecule has 116 valence electrons. The van der Waals surface area contributed by atoms with Gasteiger partial charge in [0, 0.05) is 27.9 Å². The van der Waals surface area contributed by atoms with Crippen molar-refractivity contribution in [3.63, 3.8) is 0 Å². The van der Waals surface area contributed by atoms with Crippen LogP contribution in [0, 0.1) is 0 Å². The summed E-state index contributed by atoms with van der Waals surface area (Å²) in [7, 11) is 0. The van der Waals surface area contributed by atoms with Gasteiger partial charge in [0.1, 0.15) is 11.6 Å². The fraction of sp³-hybridized carbons (Fsp3) is 0. The lowest BCUT2D eigenvalue weighted by Gasteiger charge is -2.06. The Hall–Kier alpha value is -3.40. The second-order valence-corrected chi connectivity index (χ2v) is 5.53. The Balaban J connectivity index is 2.06. The molecule has 1 aromatic heterocycles. The van der Waals surface area contributed by atoms with Crippen LogP contribution in [0.1, 0.15) is 0 Å². The molecule has 0 fully saturated rings. The number of nitrogens with one attached hydrogen (secondary N) is 1. The summed E-state index contributed by atoms with van der Waals surface area (Å²) >= 11 is 0. The van der Waals surface area contributed by atoms with Gasteiger partial charge >= 0.3 is 0 Å². The fourth-order valence-electron chi connectivity index (χ4n) is 2.79. The highest BCUT2D eigenvalue weighted by Gasteiger charge is 2.08. The van der Waals surface area contributed by atoms with E-state index in [1.807, 2.05) is 42.5 Å². The zero-order valence-electron chi connectivity index (χ0n) is 12.7. The summed E-state index contributed by atoms with van der Waals surface area (Å²) in [5.41, 5.74) is 1.29. The summed E-state index contributed by atoms with van der Waals surface area (Å²) in [4.78, 5) is 17.5. The Morgan fingerprint density at radius 3 is 2.29 bits per heavy atom. The van der Waals surface area contributed by atoms with Gasteiger partial charge in [-0.1, -0.05) is 42.5 Å². The molecule has 0 saturated heterocycles. The topological polar surface area (TPSA) is 62.2 Å². The summed E-state index contributed by atoms with van der Waals surface area (Å²) in [6.07, 6.45) is 0. The van der Waals surface area contributed by atoms with Gasteiger partial charge in [-0.05, 0) is 24.3 Å². The molecule has 2 N–H and O–H groups in total. The number of hydrogen-bond acceptors (Lipinski definition) is 4. The molecule has 0 aliphatic rings. The Bertz CT molecular complexity index is 1120. The van der Waals surface area contributed by atoms with E-state index in [2.05, 4.69) is 10.3 Å². The maximum absolute atomic E-state index is 12.8. The minimum Gasteiger partial charge on any atom is -0.508 e. The van der Waals surface area contributed by atoms with Crippen LogP contribution in [0.25, 0.3) is 21.7 Å². The van der Waals surface area contributed by atoms with Crippen molar-refractivity contribution in [2.24, 2.45) is 0 Å². The summed E-state index contributed by atoms with van der Waals surface area (Å²) in [5.74, 6) is 0.744. The standard InChI is InChI=1S/C20H14N2O2/c23-14-7-5-6-13(12-14)21-20-16-9-2-1-8-15(16)19(24)17-10-3-4-11-18(17)22-20/h1-12,23H,(H,21,22). The molecule has 1 heterocycles. The smallest absolute Gasteiger partial charge is 0.195 e. The predicted octanol–water partition coefficient (Wildman–Crippen LogP) is 4.20. The van der Waals surface area contributed by atoms with Crippen molar-refractivity contribution >= 4 is 33.2 Å². The molecule has 4 nitrogen and oxygen atoms in total. The summed E-state index contributed by atoms with van der Waals surface area (Å²) in [5, 5.41) is 14.8. The Morgan fingerprint density at radius 2 is 1.50 bits per heavy atom. The normalized spacial score (nSPS) is 10.8. The number of aromatic hydroxyl groups is 1. The van der Waals surface area contributed by atoms with Crippen LogP contribution >= 0.6 is 0 Å². The first-order valence-electron chi connectivity index (χ1n) is 7.60. The van der Waals surface area contributed by atoms with Crippen LogP contribution in [0.5, 0.6) is 5.75 Å². The van der Waals surface area contributed by atoms with E-state index in [0.717, 1.165) is 5.39 Å². The fourth-order valence-corrected chi connectivity index (χ4v) is 2.79. The molecule has 4 rings (SSSR count). The van der Waals surface area contributed by atoms with Crippen LogP contribution in [0.3, 0.4) is 0 Å². The van der Waals surface area contributed by atoms with Gasteiger partial charge in [0.05, 0.1) is 5.52 Å². The van der Waals surface area contributed by atoms with E-state index < -0.39 is 0 Å². The number of anilines is 2. The zero-order valence-corrected chi connectivity index (χ0v) is 12.7. The van der Waals surface area contributed by atoms with Crippen molar-refractivity contribution < 1.29 is 5.11 Å². The van der Waals surface area contributed by atoms with Gasteiger partial charge in [-0.2, -0.15) is 0 Å². The van der Waals surface area contributed by atoms with Crippen LogP contribution in [-0.4, -0.2) is 10.1 Å². The summed E-state index contributed by atoms with van der Waals surface area (Å²) in [6, 6.07) is 21.5. The van der Waals surface area contributed by atoms with E-state index in [-0.39, 0.29) is 11.2 Å². The van der Waals surface area contributed by atoms with Crippen molar-refractivity contribution in [2.75, 3.05) is 5.32 Å². The SMILES string of the molecule is O=c1c2ccccc2nc(Nc2cccc(O)c2)c2ccccc12. The van der Waals surface area contributed by atoms with E-state index in [1.54, 1.807) is 30.3 Å². The van der Waals surface area contributed by atoms with E-state index in [0.29, 0.717) is 27.8 Å². The Morgan fingerprint density at radius 1 is 0.792 bits per heavy atom. The minimum absolute atomic E-state index is 0.0438. The molecule has 0 bridgehead atoms. The Labute approximate surface area is 138 Å². The van der Waals surface area contributed by atoms with E-state index >= 15 is 0 Å². The molecule has 0 unspecified atom stereocenters. The zero-order chi connectivity index (χ0) is 16.5. The number of fused-ring (bicyclic) bond motifs is 2. The van der Waals surface area contributed by atoms with Crippen LogP contribution in [0.2, 0.25) is 0 Å². The third-order valence-electron chi connectivity index (χ3n) is 3.92. The molecule has 0 aliphatic heterocycles. The monoisotopic (exact) mass is 314 g/mol. The predicted molar refractivity (Wildman–Crippen MR) is 96.9 cm³/mol. The summed E-state index contributed by atoms with van der Waals surface area (Å²) in [6.45, 7) is 0. The van der Waals surface area contributed by atoms with Crippen molar-refractivity contribution in [3.05, 3.63) is 83.0 Å². The molecular formula is C20H14N2O2. The molecular weight excluding hydrogens is 300 g/mol. The quantitative estimate of drug-likeness (QED) is 0.582. The van der Waals surface area contributed by atoms with Gasteiger partial charge < -0.3 is 10.4 Å². The highest BCUT2D eigenvalue weighted by atomic mass is 16.3. The van der Waals surface area contributed by atoms with Crippen LogP contribution in [0.15, 0.2) is 77.6 Å². The van der Waals surface area contributed by atoms with Crippen molar-refractivity contribution in [3.8, 4) is 5.75 Å². The van der Waals surface area contributed by atoms with Crippen LogP contribution in [-0.2, 0) is 0 Å². The van der Waals surface area contributed by atoms with Crippen molar-refractivity contribution in [1.29, 1.82) is 0 Å². The number of para-hydroxylation sites is 1. The molecule has 3 aromatic carbocycles. The van der Waals surface area contributed by atoms with E-state index in [4.69, 9.17) is 0 Å². The third-order valence-corrected chi connectivity index (χ3v) is 3.92. The number of aromatic nitrogens is 1. The maximum Gasteiger partial charge on any atom is 0.195 e. The second kappa shape index (κ2) is 5.66. The summed E-state index contributed by atoms with van der Waals surface area (Å²) < 4.78 is 0. The first kappa shape index (κ1) is 14.2. The highest BCUT2D eigenvalue weighted by Crippen LogP contribution is 2.25. The molecule has 4 aromatic rings. The van der Waals surface area contributed by atoms with Gasteiger partial charge in [-0.25, -0.2) is 4.98 Å². The van der Waals surface area contributed by atoms with Gasteiger partial charge in [-0.3, -0.25) is 4.79 Å². The van der Waals surface area contributed by atoms with Gasteiger partial charge in [-0.15, -0.1) is 0 Å². The van der Waals surface area contributed by atoms with Crippen molar-refractivity contribution in [2.45, 2.75) is 0 Å². The highest BCUT2D eigenvalue weighted by molar-refractivity contribution is 5.98. The average Bonchev–Trinajstić information content (AvgIpc) is 2.72. The van der Waals surface area contributed by atoms with Gasteiger partial charge in [0.25, 0.3) is 0 Å². The largest absolute Gasteiger partial charge is 0.508 e. The van der Waals surface area contributed by atoms with Crippen LogP contribution < -0.4 is 10.7 Å². The Kier molecular flexibility index (Phi) is 3.35. The lowest BCUT2D eigenvalue weighted by molar-refractivity contribution is 0.475. The number of benzene rings is 3. The average molecular weight is 314 g/mol. The number of rotatable bonds is 2. The molecule has 4 heteroatoms. The molecule has 0 radical (unpaired) electrons.